The van der Waals surface area contributed by atoms with Crippen molar-refractivity contribution >= 4 is 11.8 Å². The highest BCUT2D eigenvalue weighted by molar-refractivity contribution is 5.98. The van der Waals surface area contributed by atoms with Crippen LogP contribution in [0.5, 0.6) is 0 Å². The van der Waals surface area contributed by atoms with Gasteiger partial charge < -0.3 is 16.1 Å². The second-order valence-corrected chi connectivity index (χ2v) is 2.61. The van der Waals surface area contributed by atoms with E-state index in [-0.39, 0.29) is 23.9 Å². The lowest BCUT2D eigenvalue weighted by Crippen LogP contribution is -2.26. The van der Waals surface area contributed by atoms with Crippen molar-refractivity contribution in [3.8, 4) is 0 Å². The lowest BCUT2D eigenvalue weighted by molar-refractivity contribution is -0.299. The highest BCUT2D eigenvalue weighted by Gasteiger charge is 2.04. The van der Waals surface area contributed by atoms with Crippen LogP contribution in [0.1, 0.15) is 20.3 Å². The Bertz CT molecular complexity index is 250. The molecule has 0 aliphatic carbocycles. The second kappa shape index (κ2) is 6.14. The minimum Gasteiger partial charge on any atom is -0.545 e. The molecule has 0 atom stereocenters. The SMILES string of the molecule is C=CC(=O)CC(C(=O)[O-])=C(C)C.[NH4+]. The molecule has 4 heteroatoms. The molecule has 0 unspecified atom stereocenters. The van der Waals surface area contributed by atoms with Crippen molar-refractivity contribution < 1.29 is 14.7 Å². The van der Waals surface area contributed by atoms with Crippen molar-refractivity contribution in [3.63, 3.8) is 0 Å². The third-order valence-corrected chi connectivity index (χ3v) is 1.43. The third kappa shape index (κ3) is 4.92. The van der Waals surface area contributed by atoms with E-state index < -0.39 is 5.97 Å². The number of hydrogen-bond acceptors (Lipinski definition) is 3. The minimum atomic E-state index is -1.29. The number of quaternary nitrogens is 1. The average Bonchev–Trinajstić information content (AvgIpc) is 1.98. The van der Waals surface area contributed by atoms with Crippen LogP contribution >= 0.6 is 0 Å². The van der Waals surface area contributed by atoms with Crippen LogP contribution in [0.4, 0.5) is 0 Å². The Kier molecular flexibility index (Phi) is 6.67. The quantitative estimate of drug-likeness (QED) is 0.649. The van der Waals surface area contributed by atoms with Crippen LogP contribution in [0.2, 0.25) is 0 Å². The van der Waals surface area contributed by atoms with E-state index in [9.17, 15) is 14.7 Å². The van der Waals surface area contributed by atoms with Gasteiger partial charge in [-0.15, -0.1) is 0 Å². The Morgan fingerprint density at radius 2 is 1.85 bits per heavy atom. The molecule has 0 amide bonds. The molecular weight excluding hydrogens is 170 g/mol. The predicted molar refractivity (Wildman–Crippen MR) is 49.2 cm³/mol. The number of allylic oxidation sites excluding steroid dienone is 2. The van der Waals surface area contributed by atoms with Gasteiger partial charge in [0, 0.05) is 6.42 Å². The summed E-state index contributed by atoms with van der Waals surface area (Å²) in [6, 6.07) is 0. The molecule has 0 spiro atoms. The Labute approximate surface area is 77.5 Å². The monoisotopic (exact) mass is 185 g/mol. The van der Waals surface area contributed by atoms with Crippen LogP contribution in [0.3, 0.4) is 0 Å². The first-order valence-corrected chi connectivity index (χ1v) is 3.52. The number of carbonyl (C=O) groups is 2. The molecule has 0 heterocycles. The zero-order valence-corrected chi connectivity index (χ0v) is 8.22. The highest BCUT2D eigenvalue weighted by atomic mass is 16.4. The van der Waals surface area contributed by atoms with Crippen molar-refractivity contribution in [3.05, 3.63) is 23.8 Å². The van der Waals surface area contributed by atoms with E-state index in [1.165, 1.54) is 0 Å². The summed E-state index contributed by atoms with van der Waals surface area (Å²) in [4.78, 5) is 21.2. The molecule has 0 aliphatic heterocycles. The maximum Gasteiger partial charge on any atom is 0.159 e. The van der Waals surface area contributed by atoms with Gasteiger partial charge in [0.15, 0.2) is 5.78 Å². The van der Waals surface area contributed by atoms with Crippen molar-refractivity contribution in [2.75, 3.05) is 0 Å². The van der Waals surface area contributed by atoms with Gasteiger partial charge in [-0.3, -0.25) is 4.79 Å². The predicted octanol–water partition coefficient (Wildman–Crippen LogP) is 0.594. The van der Waals surface area contributed by atoms with Crippen molar-refractivity contribution in [1.82, 2.24) is 6.15 Å². The van der Waals surface area contributed by atoms with Gasteiger partial charge in [0.05, 0.1) is 5.97 Å². The van der Waals surface area contributed by atoms with E-state index in [0.717, 1.165) is 6.08 Å². The van der Waals surface area contributed by atoms with Crippen LogP contribution in [-0.2, 0) is 9.59 Å². The van der Waals surface area contributed by atoms with E-state index in [1.54, 1.807) is 13.8 Å². The van der Waals surface area contributed by atoms with E-state index in [1.807, 2.05) is 0 Å². The number of carboxylic acid groups (broad SMARTS) is 1. The average molecular weight is 185 g/mol. The lowest BCUT2D eigenvalue weighted by atomic mass is 10.1. The summed E-state index contributed by atoms with van der Waals surface area (Å²) in [7, 11) is 0. The number of rotatable bonds is 4. The standard InChI is InChI=1S/C9H12O3.H3N/c1-4-7(10)5-8(6(2)3)9(11)12;/h4H,1,5H2,2-3H3,(H,11,12);1H3. The summed E-state index contributed by atoms with van der Waals surface area (Å²) in [6.45, 7) is 6.50. The highest BCUT2D eigenvalue weighted by Crippen LogP contribution is 2.07. The molecule has 0 saturated carbocycles. The topological polar surface area (TPSA) is 93.7 Å². The van der Waals surface area contributed by atoms with Crippen molar-refractivity contribution in [2.24, 2.45) is 0 Å². The molecule has 0 bridgehead atoms. The summed E-state index contributed by atoms with van der Waals surface area (Å²) in [5, 5.41) is 10.4. The smallest absolute Gasteiger partial charge is 0.159 e. The Morgan fingerprint density at radius 1 is 1.38 bits per heavy atom. The number of hydrogen-bond donors (Lipinski definition) is 1. The van der Waals surface area contributed by atoms with Gasteiger partial charge >= 0.3 is 0 Å². The van der Waals surface area contributed by atoms with Crippen molar-refractivity contribution in [2.45, 2.75) is 20.3 Å². The molecule has 0 aromatic carbocycles. The van der Waals surface area contributed by atoms with Gasteiger partial charge in [0.2, 0.25) is 0 Å². The molecule has 0 aromatic heterocycles. The fourth-order valence-corrected chi connectivity index (χ4v) is 0.699. The zero-order valence-electron chi connectivity index (χ0n) is 8.22. The number of aliphatic carboxylic acids is 1. The molecule has 0 radical (unpaired) electrons. The van der Waals surface area contributed by atoms with Gasteiger partial charge in [-0.2, -0.15) is 0 Å². The zero-order chi connectivity index (χ0) is 9.72. The normalized spacial score (nSPS) is 8.15. The molecule has 4 nitrogen and oxygen atoms in total. The molecule has 0 saturated heterocycles. The van der Waals surface area contributed by atoms with Crippen LogP contribution in [-0.4, -0.2) is 11.8 Å². The summed E-state index contributed by atoms with van der Waals surface area (Å²) >= 11 is 0. The maximum atomic E-state index is 10.8. The Hall–Kier alpha value is -1.42. The molecule has 0 fully saturated rings. The van der Waals surface area contributed by atoms with E-state index in [0.29, 0.717) is 5.57 Å². The van der Waals surface area contributed by atoms with Gasteiger partial charge in [0.1, 0.15) is 0 Å². The van der Waals surface area contributed by atoms with Crippen LogP contribution in [0.25, 0.3) is 0 Å². The Morgan fingerprint density at radius 3 is 2.08 bits per heavy atom. The van der Waals surface area contributed by atoms with Gasteiger partial charge in [-0.05, 0) is 25.5 Å². The van der Waals surface area contributed by atoms with Crippen molar-refractivity contribution in [1.29, 1.82) is 0 Å². The molecule has 0 aromatic rings. The van der Waals surface area contributed by atoms with Gasteiger partial charge in [-0.1, -0.05) is 12.2 Å². The van der Waals surface area contributed by atoms with E-state index in [2.05, 4.69) is 6.58 Å². The number of carbonyl (C=O) groups excluding carboxylic acids is 2. The first-order valence-electron chi connectivity index (χ1n) is 3.52. The van der Waals surface area contributed by atoms with Gasteiger partial charge in [0.25, 0.3) is 0 Å². The lowest BCUT2D eigenvalue weighted by Gasteiger charge is -2.08. The molecule has 74 valence electrons. The van der Waals surface area contributed by atoms with Gasteiger partial charge in [-0.25, -0.2) is 0 Å². The molecule has 0 rings (SSSR count). The molecular formula is C9H15NO3. The molecule has 4 N–H and O–H groups in total. The second-order valence-electron chi connectivity index (χ2n) is 2.61. The van der Waals surface area contributed by atoms with E-state index in [4.69, 9.17) is 0 Å². The summed E-state index contributed by atoms with van der Waals surface area (Å²) in [6.07, 6.45) is 0.972. The summed E-state index contributed by atoms with van der Waals surface area (Å²) in [5.41, 5.74) is 0.630. The summed E-state index contributed by atoms with van der Waals surface area (Å²) < 4.78 is 0. The minimum absolute atomic E-state index is 0. The first kappa shape index (κ1) is 14.1. The van der Waals surface area contributed by atoms with Crippen LogP contribution in [0, 0.1) is 0 Å². The maximum absolute atomic E-state index is 10.8. The van der Waals surface area contributed by atoms with E-state index >= 15 is 0 Å². The fraction of sp³-hybridized carbons (Fsp3) is 0.333. The summed E-state index contributed by atoms with van der Waals surface area (Å²) in [5.74, 6) is -1.60. The first-order chi connectivity index (χ1) is 5.49. The molecule has 0 aliphatic rings. The fourth-order valence-electron chi connectivity index (χ4n) is 0.699. The van der Waals surface area contributed by atoms with Crippen LogP contribution < -0.4 is 11.3 Å². The third-order valence-electron chi connectivity index (χ3n) is 1.43. The Balaban J connectivity index is 0. The largest absolute Gasteiger partial charge is 0.545 e. The number of ketones is 1. The molecule has 13 heavy (non-hydrogen) atoms. The number of carboxylic acids is 1. The van der Waals surface area contributed by atoms with Crippen LogP contribution in [0.15, 0.2) is 23.8 Å².